The number of methoxy groups -OCH3 is 1. The van der Waals surface area contributed by atoms with Crippen LogP contribution >= 0.6 is 11.6 Å². The molecule has 2 rings (SSSR count). The second kappa shape index (κ2) is 4.37. The standard InChI is InChI=1S/C9H9ClN4O/c1-15-5-8-12-7(10)4-9(13-8)14-3-2-11-6-14/h2-4,6H,5H2,1H3. The van der Waals surface area contributed by atoms with Crippen molar-refractivity contribution >= 4 is 11.6 Å². The summed E-state index contributed by atoms with van der Waals surface area (Å²) in [4.78, 5) is 12.2. The Morgan fingerprint density at radius 2 is 2.33 bits per heavy atom. The highest BCUT2D eigenvalue weighted by atomic mass is 35.5. The lowest BCUT2D eigenvalue weighted by molar-refractivity contribution is 0.177. The topological polar surface area (TPSA) is 52.8 Å². The van der Waals surface area contributed by atoms with E-state index >= 15 is 0 Å². The molecular weight excluding hydrogens is 216 g/mol. The SMILES string of the molecule is COCc1nc(Cl)cc(-n2ccnc2)n1. The number of ether oxygens (including phenoxy) is 1. The highest BCUT2D eigenvalue weighted by Gasteiger charge is 2.04. The number of nitrogens with zero attached hydrogens (tertiary/aromatic N) is 4. The molecule has 0 saturated heterocycles. The monoisotopic (exact) mass is 224 g/mol. The van der Waals surface area contributed by atoms with Gasteiger partial charge in [-0.05, 0) is 0 Å². The molecule has 2 heterocycles. The number of hydrogen-bond acceptors (Lipinski definition) is 4. The van der Waals surface area contributed by atoms with Gasteiger partial charge in [0.25, 0.3) is 0 Å². The Morgan fingerprint density at radius 1 is 1.47 bits per heavy atom. The first-order valence-electron chi connectivity index (χ1n) is 4.30. The fourth-order valence-electron chi connectivity index (χ4n) is 1.17. The molecule has 2 aromatic rings. The molecule has 6 heteroatoms. The van der Waals surface area contributed by atoms with Gasteiger partial charge < -0.3 is 4.74 Å². The van der Waals surface area contributed by atoms with Crippen molar-refractivity contribution in [2.24, 2.45) is 0 Å². The van der Waals surface area contributed by atoms with Crippen molar-refractivity contribution in [2.45, 2.75) is 6.61 Å². The summed E-state index contributed by atoms with van der Waals surface area (Å²) in [6, 6.07) is 1.67. The van der Waals surface area contributed by atoms with Crippen LogP contribution < -0.4 is 0 Å². The van der Waals surface area contributed by atoms with E-state index < -0.39 is 0 Å². The van der Waals surface area contributed by atoms with E-state index in [-0.39, 0.29) is 0 Å². The van der Waals surface area contributed by atoms with E-state index in [1.165, 1.54) is 0 Å². The lowest BCUT2D eigenvalue weighted by Gasteiger charge is -2.04. The van der Waals surface area contributed by atoms with E-state index in [0.29, 0.717) is 23.4 Å². The lowest BCUT2D eigenvalue weighted by atomic mass is 10.5. The maximum atomic E-state index is 5.86. The number of halogens is 1. The molecule has 0 aliphatic rings. The molecule has 15 heavy (non-hydrogen) atoms. The predicted molar refractivity (Wildman–Crippen MR) is 54.9 cm³/mol. The first kappa shape index (κ1) is 10.1. The van der Waals surface area contributed by atoms with Gasteiger partial charge in [-0.3, -0.25) is 4.57 Å². The van der Waals surface area contributed by atoms with Gasteiger partial charge in [0.2, 0.25) is 0 Å². The van der Waals surface area contributed by atoms with E-state index in [1.807, 2.05) is 0 Å². The summed E-state index contributed by atoms with van der Waals surface area (Å²) >= 11 is 5.86. The fourth-order valence-corrected chi connectivity index (χ4v) is 1.37. The molecule has 0 bridgehead atoms. The molecule has 0 saturated carbocycles. The summed E-state index contributed by atoms with van der Waals surface area (Å²) in [6.45, 7) is 0.336. The average Bonchev–Trinajstić information content (AvgIpc) is 2.70. The Balaban J connectivity index is 2.40. The first-order chi connectivity index (χ1) is 7.29. The number of aromatic nitrogens is 4. The van der Waals surface area contributed by atoms with Crippen LogP contribution in [0, 0.1) is 0 Å². The molecule has 0 fully saturated rings. The van der Waals surface area contributed by atoms with Gasteiger partial charge in [0.15, 0.2) is 5.82 Å². The van der Waals surface area contributed by atoms with Crippen molar-refractivity contribution in [3.05, 3.63) is 35.8 Å². The quantitative estimate of drug-likeness (QED) is 0.741. The second-order valence-electron chi connectivity index (χ2n) is 2.87. The third-order valence-corrected chi connectivity index (χ3v) is 1.96. The van der Waals surface area contributed by atoms with Gasteiger partial charge in [-0.15, -0.1) is 0 Å². The molecule has 0 atom stereocenters. The van der Waals surface area contributed by atoms with Crippen LogP contribution in [0.25, 0.3) is 5.82 Å². The third kappa shape index (κ3) is 2.31. The molecule has 0 aliphatic carbocycles. The molecule has 0 unspecified atom stereocenters. The van der Waals surface area contributed by atoms with Gasteiger partial charge in [-0.25, -0.2) is 15.0 Å². The fraction of sp³-hybridized carbons (Fsp3) is 0.222. The molecule has 0 radical (unpaired) electrons. The molecule has 0 amide bonds. The van der Waals surface area contributed by atoms with Crippen LogP contribution in [-0.2, 0) is 11.3 Å². The Labute approximate surface area is 91.7 Å². The van der Waals surface area contributed by atoms with Crippen LogP contribution in [0.4, 0.5) is 0 Å². The molecule has 0 aromatic carbocycles. The number of rotatable bonds is 3. The van der Waals surface area contributed by atoms with Gasteiger partial charge in [-0.2, -0.15) is 0 Å². The molecule has 5 nitrogen and oxygen atoms in total. The van der Waals surface area contributed by atoms with E-state index in [9.17, 15) is 0 Å². The molecular formula is C9H9ClN4O. The van der Waals surface area contributed by atoms with Crippen LogP contribution in [0.15, 0.2) is 24.8 Å². The lowest BCUT2D eigenvalue weighted by Crippen LogP contribution is -2.02. The van der Waals surface area contributed by atoms with E-state index in [2.05, 4.69) is 15.0 Å². The largest absolute Gasteiger partial charge is 0.377 e. The van der Waals surface area contributed by atoms with Crippen LogP contribution in [-0.4, -0.2) is 26.6 Å². The Kier molecular flexibility index (Phi) is 2.94. The molecule has 0 N–H and O–H groups in total. The molecule has 0 aliphatic heterocycles. The van der Waals surface area contributed by atoms with E-state index in [1.54, 1.807) is 36.5 Å². The van der Waals surface area contributed by atoms with Gasteiger partial charge in [0.1, 0.15) is 23.9 Å². The van der Waals surface area contributed by atoms with Crippen LogP contribution in [0.5, 0.6) is 0 Å². The normalized spacial score (nSPS) is 10.5. The van der Waals surface area contributed by atoms with E-state index in [0.717, 1.165) is 0 Å². The van der Waals surface area contributed by atoms with Crippen molar-refractivity contribution in [3.8, 4) is 5.82 Å². The van der Waals surface area contributed by atoms with Crippen molar-refractivity contribution in [1.29, 1.82) is 0 Å². The summed E-state index contributed by atoms with van der Waals surface area (Å²) < 4.78 is 6.70. The highest BCUT2D eigenvalue weighted by molar-refractivity contribution is 6.29. The van der Waals surface area contributed by atoms with Crippen LogP contribution in [0.3, 0.4) is 0 Å². The molecule has 2 aromatic heterocycles. The summed E-state index contributed by atoms with van der Waals surface area (Å²) in [5.74, 6) is 1.23. The second-order valence-corrected chi connectivity index (χ2v) is 3.26. The minimum absolute atomic E-state index is 0.336. The minimum atomic E-state index is 0.336. The zero-order chi connectivity index (χ0) is 10.7. The highest BCUT2D eigenvalue weighted by Crippen LogP contribution is 2.11. The Bertz CT molecular complexity index is 443. The van der Waals surface area contributed by atoms with Gasteiger partial charge >= 0.3 is 0 Å². The third-order valence-electron chi connectivity index (χ3n) is 1.77. The zero-order valence-corrected chi connectivity index (χ0v) is 8.85. The number of imidazole rings is 1. The maximum Gasteiger partial charge on any atom is 0.158 e. The van der Waals surface area contributed by atoms with Crippen molar-refractivity contribution in [1.82, 2.24) is 19.5 Å². The summed E-state index contributed by atoms with van der Waals surface area (Å²) in [5, 5.41) is 0.390. The summed E-state index contributed by atoms with van der Waals surface area (Å²) in [6.07, 6.45) is 5.11. The van der Waals surface area contributed by atoms with Crippen LogP contribution in [0.1, 0.15) is 5.82 Å². The van der Waals surface area contributed by atoms with Crippen LogP contribution in [0.2, 0.25) is 5.15 Å². The van der Waals surface area contributed by atoms with Gasteiger partial charge in [0, 0.05) is 25.6 Å². The smallest absolute Gasteiger partial charge is 0.158 e. The van der Waals surface area contributed by atoms with Crippen molar-refractivity contribution in [3.63, 3.8) is 0 Å². The van der Waals surface area contributed by atoms with Gasteiger partial charge in [-0.1, -0.05) is 11.6 Å². The average molecular weight is 225 g/mol. The minimum Gasteiger partial charge on any atom is -0.377 e. The van der Waals surface area contributed by atoms with Crippen molar-refractivity contribution < 1.29 is 4.74 Å². The molecule has 78 valence electrons. The predicted octanol–water partition coefficient (Wildman–Crippen LogP) is 1.46. The molecule has 0 spiro atoms. The zero-order valence-electron chi connectivity index (χ0n) is 8.09. The van der Waals surface area contributed by atoms with Gasteiger partial charge in [0.05, 0.1) is 0 Å². The Morgan fingerprint density at radius 3 is 3.00 bits per heavy atom. The number of hydrogen-bond donors (Lipinski definition) is 0. The van der Waals surface area contributed by atoms with Crippen molar-refractivity contribution in [2.75, 3.05) is 7.11 Å². The summed E-state index contributed by atoms with van der Waals surface area (Å²) in [7, 11) is 1.58. The van der Waals surface area contributed by atoms with E-state index in [4.69, 9.17) is 16.3 Å². The summed E-state index contributed by atoms with van der Waals surface area (Å²) in [5.41, 5.74) is 0. The maximum absolute atomic E-state index is 5.86. The first-order valence-corrected chi connectivity index (χ1v) is 4.68. The Hall–Kier alpha value is -1.46.